The highest BCUT2D eigenvalue weighted by molar-refractivity contribution is 6.30. The molecule has 0 spiro atoms. The quantitative estimate of drug-likeness (QED) is 0.797. The summed E-state index contributed by atoms with van der Waals surface area (Å²) < 4.78 is 5.14. The SMILES string of the molecule is CC(C)NC(=O)NC(=O)COC(=O)C1(c2ccc(Cl)cc2)CCC1. The molecule has 2 rings (SSSR count). The summed E-state index contributed by atoms with van der Waals surface area (Å²) in [5, 5.41) is 5.23. The molecule has 1 aromatic rings. The smallest absolute Gasteiger partial charge is 0.321 e. The van der Waals surface area contributed by atoms with Crippen molar-refractivity contribution in [1.29, 1.82) is 0 Å². The Morgan fingerprint density at radius 1 is 1.21 bits per heavy atom. The van der Waals surface area contributed by atoms with E-state index >= 15 is 0 Å². The summed E-state index contributed by atoms with van der Waals surface area (Å²) in [6, 6.07) is 6.36. The number of amides is 3. The molecule has 0 unspecified atom stereocenters. The molecule has 7 heteroatoms. The lowest BCUT2D eigenvalue weighted by atomic mass is 9.64. The summed E-state index contributed by atoms with van der Waals surface area (Å²) in [6.07, 6.45) is 2.26. The van der Waals surface area contributed by atoms with Gasteiger partial charge in [-0.05, 0) is 44.4 Å². The second-order valence-corrected chi connectivity index (χ2v) is 6.63. The van der Waals surface area contributed by atoms with Gasteiger partial charge in [0.15, 0.2) is 6.61 Å². The third-order valence-corrected chi connectivity index (χ3v) is 4.25. The maximum Gasteiger partial charge on any atom is 0.321 e. The van der Waals surface area contributed by atoms with Crippen LogP contribution in [0.2, 0.25) is 5.02 Å². The van der Waals surface area contributed by atoms with Crippen LogP contribution < -0.4 is 10.6 Å². The van der Waals surface area contributed by atoms with Gasteiger partial charge in [0.1, 0.15) is 0 Å². The number of rotatable bonds is 5. The average molecular weight is 353 g/mol. The van der Waals surface area contributed by atoms with Crippen molar-refractivity contribution in [2.45, 2.75) is 44.6 Å². The first kappa shape index (κ1) is 18.3. The maximum absolute atomic E-state index is 12.5. The Bertz CT molecular complexity index is 624. The molecule has 1 saturated carbocycles. The third kappa shape index (κ3) is 4.26. The molecule has 0 radical (unpaired) electrons. The maximum atomic E-state index is 12.5. The second-order valence-electron chi connectivity index (χ2n) is 6.20. The Morgan fingerprint density at radius 2 is 1.83 bits per heavy atom. The van der Waals surface area contributed by atoms with Crippen molar-refractivity contribution in [1.82, 2.24) is 10.6 Å². The molecule has 2 N–H and O–H groups in total. The number of ether oxygens (including phenoxy) is 1. The first-order valence-corrected chi connectivity index (χ1v) is 8.25. The Hall–Kier alpha value is -2.08. The van der Waals surface area contributed by atoms with Gasteiger partial charge in [0.2, 0.25) is 0 Å². The van der Waals surface area contributed by atoms with Crippen LogP contribution in [0, 0.1) is 0 Å². The van der Waals surface area contributed by atoms with Crippen molar-refractivity contribution in [2.24, 2.45) is 0 Å². The van der Waals surface area contributed by atoms with Crippen molar-refractivity contribution < 1.29 is 19.1 Å². The predicted octanol–water partition coefficient (Wildman–Crippen LogP) is 2.54. The molecular weight excluding hydrogens is 332 g/mol. The van der Waals surface area contributed by atoms with Crippen molar-refractivity contribution in [3.05, 3.63) is 34.9 Å². The van der Waals surface area contributed by atoms with E-state index in [1.54, 1.807) is 38.1 Å². The lowest BCUT2D eigenvalue weighted by Gasteiger charge is -2.39. The van der Waals surface area contributed by atoms with E-state index in [0.29, 0.717) is 17.9 Å². The van der Waals surface area contributed by atoms with Gasteiger partial charge < -0.3 is 10.1 Å². The zero-order valence-corrected chi connectivity index (χ0v) is 14.5. The fourth-order valence-corrected chi connectivity index (χ4v) is 2.77. The Morgan fingerprint density at radius 3 is 2.33 bits per heavy atom. The molecule has 0 bridgehead atoms. The predicted molar refractivity (Wildman–Crippen MR) is 89.8 cm³/mol. The number of carbonyl (C=O) groups is 3. The minimum absolute atomic E-state index is 0.0940. The number of urea groups is 1. The van der Waals surface area contributed by atoms with Crippen LogP contribution in [0.3, 0.4) is 0 Å². The van der Waals surface area contributed by atoms with Crippen LogP contribution in [0.15, 0.2) is 24.3 Å². The van der Waals surface area contributed by atoms with E-state index in [1.165, 1.54) is 0 Å². The molecule has 1 aliphatic rings. The van der Waals surface area contributed by atoms with Gasteiger partial charge in [-0.25, -0.2) is 4.79 Å². The monoisotopic (exact) mass is 352 g/mol. The van der Waals surface area contributed by atoms with Crippen LogP contribution >= 0.6 is 11.6 Å². The topological polar surface area (TPSA) is 84.5 Å². The molecule has 3 amide bonds. The van der Waals surface area contributed by atoms with E-state index in [-0.39, 0.29) is 6.04 Å². The Balaban J connectivity index is 1.92. The molecule has 1 aliphatic carbocycles. The molecule has 130 valence electrons. The highest BCUT2D eigenvalue weighted by atomic mass is 35.5. The Labute approximate surface area is 145 Å². The summed E-state index contributed by atoms with van der Waals surface area (Å²) in [7, 11) is 0. The molecule has 0 aliphatic heterocycles. The highest BCUT2D eigenvalue weighted by Crippen LogP contribution is 2.45. The standard InChI is InChI=1S/C17H21ClN2O4/c1-11(2)19-16(23)20-14(21)10-24-15(22)17(8-3-9-17)12-4-6-13(18)7-5-12/h4-7,11H,3,8-10H2,1-2H3,(H2,19,20,21,23). The third-order valence-electron chi connectivity index (χ3n) is 4.00. The van der Waals surface area contributed by atoms with E-state index in [9.17, 15) is 14.4 Å². The molecular formula is C17H21ClN2O4. The van der Waals surface area contributed by atoms with E-state index in [2.05, 4.69) is 10.6 Å². The van der Waals surface area contributed by atoms with Crippen molar-refractivity contribution in [3.63, 3.8) is 0 Å². The summed E-state index contributed by atoms with van der Waals surface area (Å²) in [5.74, 6) is -1.11. The lowest BCUT2D eigenvalue weighted by Crippen LogP contribution is -2.47. The van der Waals surface area contributed by atoms with Crippen LogP contribution in [0.25, 0.3) is 0 Å². The molecule has 1 aromatic carbocycles. The first-order valence-electron chi connectivity index (χ1n) is 7.87. The Kier molecular flexibility index (Phi) is 5.83. The normalized spacial score (nSPS) is 15.3. The molecule has 0 atom stereocenters. The van der Waals surface area contributed by atoms with Gasteiger partial charge >= 0.3 is 12.0 Å². The van der Waals surface area contributed by atoms with Gasteiger partial charge in [0, 0.05) is 11.1 Å². The number of esters is 1. The number of benzene rings is 1. The van der Waals surface area contributed by atoms with Crippen LogP contribution in [0.4, 0.5) is 4.79 Å². The van der Waals surface area contributed by atoms with Crippen molar-refractivity contribution in [3.8, 4) is 0 Å². The molecule has 0 heterocycles. The molecule has 0 aromatic heterocycles. The fourth-order valence-electron chi connectivity index (χ4n) is 2.64. The van der Waals surface area contributed by atoms with Crippen LogP contribution in [0.1, 0.15) is 38.7 Å². The lowest BCUT2D eigenvalue weighted by molar-refractivity contribution is -0.157. The molecule has 6 nitrogen and oxygen atoms in total. The number of halogens is 1. The molecule has 1 fully saturated rings. The average Bonchev–Trinajstić information content (AvgIpc) is 2.45. The van der Waals surface area contributed by atoms with E-state index in [4.69, 9.17) is 16.3 Å². The molecule has 24 heavy (non-hydrogen) atoms. The van der Waals surface area contributed by atoms with Crippen LogP contribution in [-0.4, -0.2) is 30.6 Å². The highest BCUT2D eigenvalue weighted by Gasteiger charge is 2.47. The number of nitrogens with one attached hydrogen (secondary N) is 2. The summed E-state index contributed by atoms with van der Waals surface area (Å²) >= 11 is 5.88. The van der Waals surface area contributed by atoms with Crippen LogP contribution in [-0.2, 0) is 19.7 Å². The summed E-state index contributed by atoms with van der Waals surface area (Å²) in [4.78, 5) is 35.6. The van der Waals surface area contributed by atoms with E-state index in [0.717, 1.165) is 12.0 Å². The van der Waals surface area contributed by atoms with E-state index < -0.39 is 29.9 Å². The zero-order chi connectivity index (χ0) is 17.7. The number of carbonyl (C=O) groups excluding carboxylic acids is 3. The molecule has 0 saturated heterocycles. The summed E-state index contributed by atoms with van der Waals surface area (Å²) in [6.45, 7) is 3.06. The number of hydrogen-bond acceptors (Lipinski definition) is 4. The van der Waals surface area contributed by atoms with Crippen molar-refractivity contribution in [2.75, 3.05) is 6.61 Å². The van der Waals surface area contributed by atoms with Gasteiger partial charge in [-0.15, -0.1) is 0 Å². The van der Waals surface area contributed by atoms with Crippen LogP contribution in [0.5, 0.6) is 0 Å². The largest absolute Gasteiger partial charge is 0.455 e. The van der Waals surface area contributed by atoms with E-state index in [1.807, 2.05) is 0 Å². The van der Waals surface area contributed by atoms with Gasteiger partial charge in [0.05, 0.1) is 5.41 Å². The van der Waals surface area contributed by atoms with Gasteiger partial charge in [-0.1, -0.05) is 30.2 Å². The number of imide groups is 1. The summed E-state index contributed by atoms with van der Waals surface area (Å²) in [5.41, 5.74) is 0.117. The zero-order valence-electron chi connectivity index (χ0n) is 13.7. The fraction of sp³-hybridized carbons (Fsp3) is 0.471. The van der Waals surface area contributed by atoms with Gasteiger partial charge in [-0.2, -0.15) is 0 Å². The minimum atomic E-state index is -0.717. The second kappa shape index (κ2) is 7.66. The first-order chi connectivity index (χ1) is 11.3. The van der Waals surface area contributed by atoms with Gasteiger partial charge in [0.25, 0.3) is 5.91 Å². The number of hydrogen-bond donors (Lipinski definition) is 2. The minimum Gasteiger partial charge on any atom is -0.455 e. The van der Waals surface area contributed by atoms with Gasteiger partial charge in [-0.3, -0.25) is 14.9 Å². The van der Waals surface area contributed by atoms with Crippen molar-refractivity contribution >= 4 is 29.5 Å².